The molecule has 0 amide bonds. The Balaban J connectivity index is 1.68. The Bertz CT molecular complexity index is 685. The Morgan fingerprint density at radius 3 is 2.32 bits per heavy atom. The van der Waals surface area contributed by atoms with Crippen LogP contribution in [0.4, 0.5) is 0 Å². The van der Waals surface area contributed by atoms with Crippen molar-refractivity contribution in [2.24, 2.45) is 0 Å². The van der Waals surface area contributed by atoms with E-state index in [0.717, 1.165) is 13.0 Å². The second kappa shape index (κ2) is 12.3. The number of carbonyl (C=O) groups excluding carboxylic acids is 1. The molecule has 0 bridgehead atoms. The second-order valence-electron chi connectivity index (χ2n) is 7.06. The second-order valence-corrected chi connectivity index (χ2v) is 7.06. The maximum Gasteiger partial charge on any atom is 0.193 e. The number of hydrogen-bond acceptors (Lipinski definition) is 3. The molecule has 2 aromatic carbocycles. The fourth-order valence-corrected chi connectivity index (χ4v) is 3.13. The third-order valence-electron chi connectivity index (χ3n) is 4.97. The zero-order chi connectivity index (χ0) is 20.2. The first-order valence-electron chi connectivity index (χ1n) is 10.3. The number of carbonyl (C=O) groups is 1. The molecule has 0 unspecified atom stereocenters. The van der Waals surface area contributed by atoms with Crippen molar-refractivity contribution in [3.05, 3.63) is 65.7 Å². The van der Waals surface area contributed by atoms with E-state index in [0.29, 0.717) is 23.4 Å². The van der Waals surface area contributed by atoms with Gasteiger partial charge in [-0.25, -0.2) is 0 Å². The van der Waals surface area contributed by atoms with Crippen LogP contribution < -0.4 is 15.0 Å². The zero-order valence-corrected chi connectivity index (χ0v) is 17.1. The molecule has 5 nitrogen and oxygen atoms in total. The van der Waals surface area contributed by atoms with Crippen molar-refractivity contribution in [1.82, 2.24) is 0 Å². The molecule has 0 spiro atoms. The predicted molar refractivity (Wildman–Crippen MR) is 111 cm³/mol. The van der Waals surface area contributed by atoms with Gasteiger partial charge < -0.3 is 20.1 Å². The molecule has 0 saturated heterocycles. The molecule has 0 aliphatic rings. The summed E-state index contributed by atoms with van der Waals surface area (Å²) in [6, 6.07) is 16.3. The van der Waals surface area contributed by atoms with E-state index >= 15 is 0 Å². The van der Waals surface area contributed by atoms with Crippen molar-refractivity contribution in [1.29, 1.82) is 0 Å². The first kappa shape index (κ1) is 22.1. The summed E-state index contributed by atoms with van der Waals surface area (Å²) in [7, 11) is 0. The summed E-state index contributed by atoms with van der Waals surface area (Å²) < 4.78 is 5.65. The van der Waals surface area contributed by atoms with Gasteiger partial charge in [-0.1, -0.05) is 30.3 Å². The minimum absolute atomic E-state index is 0.00617. The normalized spacial score (nSPS) is 12.1. The molecule has 0 heterocycles. The third-order valence-corrected chi connectivity index (χ3v) is 4.97. The highest BCUT2D eigenvalue weighted by molar-refractivity contribution is 6.08. The molecule has 0 radical (unpaired) electrons. The minimum atomic E-state index is -0.508. The van der Waals surface area contributed by atoms with Crippen LogP contribution in [0.2, 0.25) is 0 Å². The SMILES string of the molecule is CC[NH+](CC)CCC[NH2+]C[C@@H](O)COc1ccc(C(=O)c2ccccc2)cc1. The first-order chi connectivity index (χ1) is 13.6. The van der Waals surface area contributed by atoms with Crippen molar-refractivity contribution in [3.8, 4) is 5.75 Å². The Kier molecular flexibility index (Phi) is 9.69. The fourth-order valence-electron chi connectivity index (χ4n) is 3.13. The van der Waals surface area contributed by atoms with Crippen LogP contribution in [0.15, 0.2) is 54.6 Å². The van der Waals surface area contributed by atoms with E-state index in [4.69, 9.17) is 4.74 Å². The van der Waals surface area contributed by atoms with Crippen LogP contribution in [-0.4, -0.2) is 56.3 Å². The van der Waals surface area contributed by atoms with E-state index in [1.54, 1.807) is 29.2 Å². The van der Waals surface area contributed by atoms with Crippen LogP contribution in [0, 0.1) is 0 Å². The van der Waals surface area contributed by atoms with Gasteiger partial charge in [0.05, 0.1) is 26.2 Å². The van der Waals surface area contributed by atoms with Gasteiger partial charge in [0.25, 0.3) is 0 Å². The lowest BCUT2D eigenvalue weighted by molar-refractivity contribution is -0.898. The summed E-state index contributed by atoms with van der Waals surface area (Å²) >= 11 is 0. The van der Waals surface area contributed by atoms with E-state index < -0.39 is 6.10 Å². The Labute approximate surface area is 168 Å². The minimum Gasteiger partial charge on any atom is -0.491 e. The van der Waals surface area contributed by atoms with Crippen LogP contribution in [-0.2, 0) is 0 Å². The van der Waals surface area contributed by atoms with Crippen LogP contribution in [0.25, 0.3) is 0 Å². The van der Waals surface area contributed by atoms with Gasteiger partial charge in [-0.15, -0.1) is 0 Å². The van der Waals surface area contributed by atoms with Crippen molar-refractivity contribution >= 4 is 5.78 Å². The lowest BCUT2D eigenvalue weighted by Crippen LogP contribution is -3.11. The maximum absolute atomic E-state index is 12.4. The topological polar surface area (TPSA) is 67.6 Å². The molecule has 0 saturated carbocycles. The average Bonchev–Trinajstić information content (AvgIpc) is 2.75. The molecule has 0 fully saturated rings. The molecule has 1 atom stereocenters. The molecule has 0 aliphatic carbocycles. The Morgan fingerprint density at radius 2 is 1.68 bits per heavy atom. The predicted octanol–water partition coefficient (Wildman–Crippen LogP) is 0.536. The number of ketones is 1. The molecule has 5 heteroatoms. The van der Waals surface area contributed by atoms with Gasteiger partial charge in [0.2, 0.25) is 0 Å². The fraction of sp³-hybridized carbons (Fsp3) is 0.435. The highest BCUT2D eigenvalue weighted by Crippen LogP contribution is 2.15. The smallest absolute Gasteiger partial charge is 0.193 e. The number of aliphatic hydroxyl groups is 1. The number of rotatable bonds is 13. The molecule has 0 aromatic heterocycles. The van der Waals surface area contributed by atoms with Crippen molar-refractivity contribution in [3.63, 3.8) is 0 Å². The number of hydrogen-bond donors (Lipinski definition) is 3. The van der Waals surface area contributed by atoms with E-state index in [1.165, 1.54) is 19.6 Å². The highest BCUT2D eigenvalue weighted by Gasteiger charge is 2.10. The van der Waals surface area contributed by atoms with Crippen LogP contribution in [0.3, 0.4) is 0 Å². The summed E-state index contributed by atoms with van der Waals surface area (Å²) in [6.45, 7) is 9.87. The van der Waals surface area contributed by atoms with Gasteiger partial charge in [0.15, 0.2) is 5.78 Å². The van der Waals surface area contributed by atoms with Crippen LogP contribution in [0.1, 0.15) is 36.2 Å². The van der Waals surface area contributed by atoms with E-state index in [-0.39, 0.29) is 12.4 Å². The summed E-state index contributed by atoms with van der Waals surface area (Å²) in [5.74, 6) is 0.655. The van der Waals surface area contributed by atoms with Gasteiger partial charge in [-0.2, -0.15) is 0 Å². The number of quaternary nitrogens is 2. The molecule has 0 aliphatic heterocycles. The highest BCUT2D eigenvalue weighted by atomic mass is 16.5. The van der Waals surface area contributed by atoms with E-state index in [1.807, 2.05) is 30.3 Å². The number of nitrogens with two attached hydrogens (primary N) is 1. The standard InChI is InChI=1S/C23H32N2O3/c1-3-25(4-2)16-8-15-24-17-21(26)18-28-22-13-11-20(12-14-22)23(27)19-9-6-5-7-10-19/h5-7,9-14,21,24,26H,3-4,8,15-18H2,1-2H3/p+2/t21-/m1/s1. The van der Waals surface area contributed by atoms with Crippen molar-refractivity contribution in [2.75, 3.05) is 39.3 Å². The molecular formula is C23H34N2O3+2. The van der Waals surface area contributed by atoms with E-state index in [9.17, 15) is 9.90 Å². The first-order valence-corrected chi connectivity index (χ1v) is 10.3. The van der Waals surface area contributed by atoms with Gasteiger partial charge in [-0.3, -0.25) is 4.79 Å². The lowest BCUT2D eigenvalue weighted by atomic mass is 10.0. The van der Waals surface area contributed by atoms with Crippen molar-refractivity contribution < 1.29 is 24.9 Å². The molecule has 28 heavy (non-hydrogen) atoms. The summed E-state index contributed by atoms with van der Waals surface area (Å²) in [4.78, 5) is 14.0. The van der Waals surface area contributed by atoms with Crippen molar-refractivity contribution in [2.45, 2.75) is 26.4 Å². The Hall–Kier alpha value is -2.21. The molecular weight excluding hydrogens is 352 g/mol. The number of nitrogens with one attached hydrogen (secondary N) is 1. The Morgan fingerprint density at radius 1 is 1.04 bits per heavy atom. The van der Waals surface area contributed by atoms with Gasteiger partial charge >= 0.3 is 0 Å². The number of aliphatic hydroxyl groups excluding tert-OH is 1. The van der Waals surface area contributed by atoms with Crippen LogP contribution >= 0.6 is 0 Å². The monoisotopic (exact) mass is 386 g/mol. The van der Waals surface area contributed by atoms with Gasteiger partial charge in [0.1, 0.15) is 25.0 Å². The number of benzene rings is 2. The van der Waals surface area contributed by atoms with Gasteiger partial charge in [0, 0.05) is 17.5 Å². The van der Waals surface area contributed by atoms with Crippen LogP contribution in [0.5, 0.6) is 5.75 Å². The van der Waals surface area contributed by atoms with E-state index in [2.05, 4.69) is 19.2 Å². The molecule has 152 valence electrons. The number of ether oxygens (including phenoxy) is 1. The summed E-state index contributed by atoms with van der Waals surface area (Å²) in [5, 5.41) is 12.2. The largest absolute Gasteiger partial charge is 0.491 e. The molecule has 2 rings (SSSR count). The molecule has 4 N–H and O–H groups in total. The van der Waals surface area contributed by atoms with Gasteiger partial charge in [-0.05, 0) is 38.1 Å². The average molecular weight is 387 g/mol. The molecule has 2 aromatic rings. The third kappa shape index (κ3) is 7.43. The summed E-state index contributed by atoms with van der Waals surface area (Å²) in [5.41, 5.74) is 1.30. The summed E-state index contributed by atoms with van der Waals surface area (Å²) in [6.07, 6.45) is 0.646. The quantitative estimate of drug-likeness (QED) is 0.348. The maximum atomic E-state index is 12.4. The lowest BCUT2D eigenvalue weighted by Gasteiger charge is -2.15. The zero-order valence-electron chi connectivity index (χ0n) is 17.1.